The minimum absolute atomic E-state index is 0.172. The lowest BCUT2D eigenvalue weighted by molar-refractivity contribution is -0.139. The topological polar surface area (TPSA) is 86.8 Å². The molecule has 168 valence electrons. The van der Waals surface area contributed by atoms with Crippen molar-refractivity contribution < 1.29 is 18.0 Å². The molecule has 0 saturated carbocycles. The van der Waals surface area contributed by atoms with Gasteiger partial charge < -0.3 is 10.2 Å². The summed E-state index contributed by atoms with van der Waals surface area (Å²) in [7, 11) is -2.28. The molecule has 2 aromatic rings. The Bertz CT molecular complexity index is 1050. The van der Waals surface area contributed by atoms with E-state index in [0.717, 1.165) is 21.7 Å². The standard InChI is InChI=1S/C22H28ClN3O4S/c1-15-6-8-18(9-7-15)13-25(17(3)22(28)24-4)21(27)14-26(31(5,29)30)20-11-10-19(23)12-16(20)2/h6-12,17H,13-14H2,1-5H3,(H,24,28)/t17-/m1/s1. The van der Waals surface area contributed by atoms with Gasteiger partial charge in [0, 0.05) is 18.6 Å². The summed E-state index contributed by atoms with van der Waals surface area (Å²) in [6.07, 6.45) is 1.04. The molecular weight excluding hydrogens is 438 g/mol. The number of aryl methyl sites for hydroxylation is 2. The van der Waals surface area contributed by atoms with Gasteiger partial charge in [-0.05, 0) is 50.1 Å². The lowest BCUT2D eigenvalue weighted by atomic mass is 10.1. The highest BCUT2D eigenvalue weighted by molar-refractivity contribution is 7.92. The van der Waals surface area contributed by atoms with E-state index in [1.165, 1.54) is 11.9 Å². The number of carbonyl (C=O) groups is 2. The third-order valence-corrected chi connectivity index (χ3v) is 6.36. The predicted molar refractivity (Wildman–Crippen MR) is 124 cm³/mol. The molecule has 9 heteroatoms. The van der Waals surface area contributed by atoms with Gasteiger partial charge in [0.25, 0.3) is 0 Å². The largest absolute Gasteiger partial charge is 0.357 e. The van der Waals surface area contributed by atoms with Gasteiger partial charge in [-0.2, -0.15) is 0 Å². The summed E-state index contributed by atoms with van der Waals surface area (Å²) in [5.41, 5.74) is 2.89. The first-order chi connectivity index (χ1) is 14.4. The number of benzene rings is 2. The Labute approximate surface area is 189 Å². The summed E-state index contributed by atoms with van der Waals surface area (Å²) in [5.74, 6) is -0.828. The van der Waals surface area contributed by atoms with Crippen LogP contribution in [0.15, 0.2) is 42.5 Å². The molecule has 2 aromatic carbocycles. The van der Waals surface area contributed by atoms with Crippen LogP contribution in [0.5, 0.6) is 0 Å². The van der Waals surface area contributed by atoms with E-state index in [-0.39, 0.29) is 12.5 Å². The molecular formula is C22H28ClN3O4S. The molecule has 0 spiro atoms. The van der Waals surface area contributed by atoms with Crippen molar-refractivity contribution >= 4 is 39.1 Å². The van der Waals surface area contributed by atoms with E-state index in [0.29, 0.717) is 16.3 Å². The molecule has 1 N–H and O–H groups in total. The Kier molecular flexibility index (Phi) is 8.08. The normalized spacial score (nSPS) is 12.2. The first kappa shape index (κ1) is 24.7. The molecule has 0 saturated heterocycles. The van der Waals surface area contributed by atoms with Gasteiger partial charge in [0.2, 0.25) is 21.8 Å². The van der Waals surface area contributed by atoms with Crippen LogP contribution in [0.1, 0.15) is 23.6 Å². The SMILES string of the molecule is CNC(=O)[C@@H](C)N(Cc1ccc(C)cc1)C(=O)CN(c1ccc(Cl)cc1C)S(C)(=O)=O. The van der Waals surface area contributed by atoms with Crippen molar-refractivity contribution in [1.82, 2.24) is 10.2 Å². The van der Waals surface area contributed by atoms with Gasteiger partial charge in [0.15, 0.2) is 0 Å². The first-order valence-corrected chi connectivity index (χ1v) is 12.0. The fourth-order valence-electron chi connectivity index (χ4n) is 3.18. The van der Waals surface area contributed by atoms with Crippen LogP contribution in [0, 0.1) is 13.8 Å². The smallest absolute Gasteiger partial charge is 0.244 e. The maximum Gasteiger partial charge on any atom is 0.244 e. The number of halogens is 1. The third kappa shape index (κ3) is 6.45. The Hall–Kier alpha value is -2.58. The van der Waals surface area contributed by atoms with Crippen LogP contribution in [0.4, 0.5) is 5.69 Å². The number of sulfonamides is 1. The number of anilines is 1. The molecule has 7 nitrogen and oxygen atoms in total. The molecule has 0 aliphatic heterocycles. The van der Waals surface area contributed by atoms with Crippen molar-refractivity contribution in [3.05, 3.63) is 64.2 Å². The van der Waals surface area contributed by atoms with Gasteiger partial charge in [-0.3, -0.25) is 13.9 Å². The fourth-order valence-corrected chi connectivity index (χ4v) is 4.31. The van der Waals surface area contributed by atoms with E-state index < -0.39 is 28.5 Å². The van der Waals surface area contributed by atoms with E-state index >= 15 is 0 Å². The molecule has 0 aliphatic rings. The van der Waals surface area contributed by atoms with E-state index in [1.807, 2.05) is 31.2 Å². The summed E-state index contributed by atoms with van der Waals surface area (Å²) in [5, 5.41) is 3.01. The minimum Gasteiger partial charge on any atom is -0.357 e. The van der Waals surface area contributed by atoms with Gasteiger partial charge in [-0.15, -0.1) is 0 Å². The zero-order valence-corrected chi connectivity index (χ0v) is 19.9. The molecule has 2 rings (SSSR count). The van der Waals surface area contributed by atoms with Crippen molar-refractivity contribution in [3.8, 4) is 0 Å². The van der Waals surface area contributed by atoms with E-state index in [4.69, 9.17) is 11.6 Å². The van der Waals surface area contributed by atoms with Crippen LogP contribution < -0.4 is 9.62 Å². The van der Waals surface area contributed by atoms with Gasteiger partial charge in [-0.25, -0.2) is 8.42 Å². The van der Waals surface area contributed by atoms with Crippen LogP contribution in [0.25, 0.3) is 0 Å². The highest BCUT2D eigenvalue weighted by atomic mass is 35.5. The van der Waals surface area contributed by atoms with Gasteiger partial charge in [0.1, 0.15) is 12.6 Å². The van der Waals surface area contributed by atoms with E-state index in [9.17, 15) is 18.0 Å². The summed E-state index contributed by atoms with van der Waals surface area (Å²) < 4.78 is 26.1. The number of nitrogens with zero attached hydrogens (tertiary/aromatic N) is 2. The number of nitrogens with one attached hydrogen (secondary N) is 1. The van der Waals surface area contributed by atoms with Crippen LogP contribution in [-0.2, 0) is 26.2 Å². The molecule has 0 aliphatic carbocycles. The summed E-state index contributed by atoms with van der Waals surface area (Å²) >= 11 is 6.00. The molecule has 31 heavy (non-hydrogen) atoms. The molecule has 0 aromatic heterocycles. The van der Waals surface area contributed by atoms with Crippen molar-refractivity contribution in [3.63, 3.8) is 0 Å². The average molecular weight is 466 g/mol. The zero-order valence-electron chi connectivity index (χ0n) is 18.3. The Balaban J connectivity index is 2.40. The fraction of sp³-hybridized carbons (Fsp3) is 0.364. The monoisotopic (exact) mass is 465 g/mol. The number of rotatable bonds is 8. The maximum absolute atomic E-state index is 13.3. The number of likely N-dealkylation sites (N-methyl/N-ethyl adjacent to an activating group) is 1. The van der Waals surface area contributed by atoms with Crippen LogP contribution in [0.3, 0.4) is 0 Å². The minimum atomic E-state index is -3.77. The van der Waals surface area contributed by atoms with E-state index in [2.05, 4.69) is 5.32 Å². The number of carbonyl (C=O) groups excluding carboxylic acids is 2. The second-order valence-corrected chi connectivity index (χ2v) is 9.84. The van der Waals surface area contributed by atoms with Crippen LogP contribution in [-0.4, -0.2) is 51.0 Å². The van der Waals surface area contributed by atoms with Crippen LogP contribution in [0.2, 0.25) is 5.02 Å². The van der Waals surface area contributed by atoms with Crippen LogP contribution >= 0.6 is 11.6 Å². The quantitative estimate of drug-likeness (QED) is 0.649. The lowest BCUT2D eigenvalue weighted by Crippen LogP contribution is -2.50. The molecule has 0 unspecified atom stereocenters. The molecule has 0 heterocycles. The number of hydrogen-bond donors (Lipinski definition) is 1. The highest BCUT2D eigenvalue weighted by Gasteiger charge is 2.30. The zero-order chi connectivity index (χ0) is 23.3. The molecule has 2 amide bonds. The molecule has 0 fully saturated rings. The summed E-state index contributed by atoms with van der Waals surface area (Å²) in [4.78, 5) is 27.0. The van der Waals surface area contributed by atoms with Crippen molar-refractivity contribution in [2.24, 2.45) is 0 Å². The number of hydrogen-bond acceptors (Lipinski definition) is 4. The second kappa shape index (κ2) is 10.2. The number of amides is 2. The van der Waals surface area contributed by atoms with Gasteiger partial charge in [0.05, 0.1) is 11.9 Å². The Morgan fingerprint density at radius 3 is 2.23 bits per heavy atom. The first-order valence-electron chi connectivity index (χ1n) is 9.74. The van der Waals surface area contributed by atoms with E-state index in [1.54, 1.807) is 32.0 Å². The van der Waals surface area contributed by atoms with Gasteiger partial charge in [-0.1, -0.05) is 41.4 Å². The predicted octanol–water partition coefficient (Wildman–Crippen LogP) is 2.89. The van der Waals surface area contributed by atoms with Crippen molar-refractivity contribution in [2.75, 3.05) is 24.2 Å². The Morgan fingerprint density at radius 2 is 1.71 bits per heavy atom. The van der Waals surface area contributed by atoms with Gasteiger partial charge >= 0.3 is 0 Å². The third-order valence-electron chi connectivity index (χ3n) is 4.99. The summed E-state index contributed by atoms with van der Waals surface area (Å²) in [6.45, 7) is 5.03. The lowest BCUT2D eigenvalue weighted by Gasteiger charge is -2.31. The Morgan fingerprint density at radius 1 is 1.10 bits per heavy atom. The summed E-state index contributed by atoms with van der Waals surface area (Å²) in [6, 6.07) is 11.6. The van der Waals surface area contributed by atoms with Crippen molar-refractivity contribution in [2.45, 2.75) is 33.4 Å². The molecule has 1 atom stereocenters. The highest BCUT2D eigenvalue weighted by Crippen LogP contribution is 2.26. The van der Waals surface area contributed by atoms with Crippen molar-refractivity contribution in [1.29, 1.82) is 0 Å². The molecule has 0 radical (unpaired) electrons. The second-order valence-electron chi connectivity index (χ2n) is 7.50. The molecule has 0 bridgehead atoms. The average Bonchev–Trinajstić information content (AvgIpc) is 2.70. The maximum atomic E-state index is 13.3.